The van der Waals surface area contributed by atoms with Crippen molar-refractivity contribution in [3.05, 3.63) is 106 Å². The second kappa shape index (κ2) is 11.1. The van der Waals surface area contributed by atoms with Crippen molar-refractivity contribution >= 4 is 50.6 Å². The Bertz CT molecular complexity index is 1310. The largest absolute Gasteiger partial charge is 0.488 e. The molecule has 0 aliphatic carbocycles. The minimum Gasteiger partial charge on any atom is -0.488 e. The zero-order valence-corrected chi connectivity index (χ0v) is 19.9. The average Bonchev–Trinajstić information content (AvgIpc) is 2.83. The lowest BCUT2D eigenvalue weighted by atomic mass is 10.1. The van der Waals surface area contributed by atoms with Gasteiger partial charge >= 0.3 is 0 Å². The first-order valence-electron chi connectivity index (χ1n) is 10.2. The van der Waals surface area contributed by atoms with Gasteiger partial charge in [-0.3, -0.25) is 4.79 Å². The lowest BCUT2D eigenvalue weighted by Crippen LogP contribution is -2.19. The fourth-order valence-corrected chi connectivity index (χ4v) is 4.54. The highest BCUT2D eigenvalue weighted by Gasteiger charge is 2.07. The Morgan fingerprint density at radius 3 is 2.67 bits per heavy atom. The molecule has 4 rings (SSSR count). The quantitative estimate of drug-likeness (QED) is 0.162. The molecule has 0 aromatic heterocycles. The minimum atomic E-state index is -0.299. The first-order valence-corrected chi connectivity index (χ1v) is 12.0. The maximum absolute atomic E-state index is 13.7. The van der Waals surface area contributed by atoms with Crippen molar-refractivity contribution in [2.75, 3.05) is 5.75 Å². The Morgan fingerprint density at radius 2 is 1.82 bits per heavy atom. The number of hydrogen-bond acceptors (Lipinski definition) is 4. The van der Waals surface area contributed by atoms with E-state index in [-0.39, 0.29) is 24.1 Å². The summed E-state index contributed by atoms with van der Waals surface area (Å²) in [5.74, 6) is 0.364. The van der Waals surface area contributed by atoms with E-state index in [0.717, 1.165) is 21.2 Å². The van der Waals surface area contributed by atoms with Crippen LogP contribution in [0.5, 0.6) is 5.75 Å². The summed E-state index contributed by atoms with van der Waals surface area (Å²) in [6.07, 6.45) is 1.56. The fourth-order valence-electron chi connectivity index (χ4n) is 3.16. The predicted octanol–water partition coefficient (Wildman–Crippen LogP) is 6.56. The maximum atomic E-state index is 13.7. The van der Waals surface area contributed by atoms with Gasteiger partial charge in [0.05, 0.1) is 16.4 Å². The number of fused-ring (bicyclic) bond motifs is 1. The van der Waals surface area contributed by atoms with Gasteiger partial charge in [-0.2, -0.15) is 5.10 Å². The van der Waals surface area contributed by atoms with Crippen molar-refractivity contribution in [2.24, 2.45) is 5.10 Å². The summed E-state index contributed by atoms with van der Waals surface area (Å²) in [5, 5.41) is 6.32. The lowest BCUT2D eigenvalue weighted by molar-refractivity contribution is -0.118. The molecule has 7 heteroatoms. The van der Waals surface area contributed by atoms with Crippen LogP contribution in [-0.4, -0.2) is 17.9 Å². The van der Waals surface area contributed by atoms with E-state index >= 15 is 0 Å². The molecule has 4 nitrogen and oxygen atoms in total. The van der Waals surface area contributed by atoms with Gasteiger partial charge in [-0.15, -0.1) is 11.8 Å². The van der Waals surface area contributed by atoms with Crippen LogP contribution >= 0.6 is 27.7 Å². The highest BCUT2D eigenvalue weighted by Crippen LogP contribution is 2.28. The summed E-state index contributed by atoms with van der Waals surface area (Å²) in [6.45, 7) is 0.128. The molecule has 4 aromatic carbocycles. The molecule has 0 aliphatic rings. The van der Waals surface area contributed by atoms with E-state index in [0.29, 0.717) is 15.8 Å². The molecule has 0 atom stereocenters. The third-order valence-electron chi connectivity index (χ3n) is 4.81. The summed E-state index contributed by atoms with van der Waals surface area (Å²) in [5.41, 5.74) is 3.82. The molecule has 1 amide bonds. The van der Waals surface area contributed by atoms with Gasteiger partial charge in [0.1, 0.15) is 18.2 Å². The van der Waals surface area contributed by atoms with Crippen molar-refractivity contribution in [3.8, 4) is 5.75 Å². The Kier molecular flexibility index (Phi) is 7.75. The van der Waals surface area contributed by atoms with Crippen molar-refractivity contribution in [1.82, 2.24) is 5.43 Å². The zero-order valence-electron chi connectivity index (χ0n) is 17.5. The van der Waals surface area contributed by atoms with E-state index in [9.17, 15) is 9.18 Å². The summed E-state index contributed by atoms with van der Waals surface area (Å²) in [7, 11) is 0. The van der Waals surface area contributed by atoms with Gasteiger partial charge in [0.15, 0.2) is 0 Å². The second-order valence-corrected chi connectivity index (χ2v) is 9.00. The Morgan fingerprint density at radius 1 is 1.03 bits per heavy atom. The summed E-state index contributed by atoms with van der Waals surface area (Å²) in [4.78, 5) is 13.3. The highest BCUT2D eigenvalue weighted by atomic mass is 79.9. The molecule has 0 heterocycles. The Balaban J connectivity index is 1.29. The van der Waals surface area contributed by atoms with Crippen molar-refractivity contribution in [1.29, 1.82) is 0 Å². The Labute approximate surface area is 204 Å². The number of hydrogen-bond donors (Lipinski definition) is 1. The van der Waals surface area contributed by atoms with Crippen LogP contribution in [0.1, 0.15) is 11.1 Å². The van der Waals surface area contributed by atoms with Crippen LogP contribution in [0, 0.1) is 5.82 Å². The average molecular weight is 523 g/mol. The second-order valence-electron chi connectivity index (χ2n) is 7.13. The number of carbonyl (C=O) groups is 1. The number of amides is 1. The standard InChI is InChI=1S/C26H20BrFN2O2S/c27-22-14-18(12-13-24(22)32-16-20-7-2-4-10-23(20)28)15-29-30-26(31)17-33-25-11-5-8-19-6-1-3-9-21(19)25/h1-15H,16-17H2,(H,30,31). The smallest absolute Gasteiger partial charge is 0.250 e. The van der Waals surface area contributed by atoms with Gasteiger partial charge in [0.25, 0.3) is 0 Å². The number of thioether (sulfide) groups is 1. The molecule has 0 saturated carbocycles. The van der Waals surface area contributed by atoms with Crippen LogP contribution in [0.3, 0.4) is 0 Å². The van der Waals surface area contributed by atoms with E-state index in [1.807, 2.05) is 36.4 Å². The van der Waals surface area contributed by atoms with Crippen molar-refractivity contribution in [3.63, 3.8) is 0 Å². The molecular weight excluding hydrogens is 503 g/mol. The molecule has 0 spiro atoms. The molecule has 0 bridgehead atoms. The van der Waals surface area contributed by atoms with E-state index in [1.54, 1.807) is 30.5 Å². The number of nitrogens with one attached hydrogen (secondary N) is 1. The molecule has 0 unspecified atom stereocenters. The molecule has 4 aromatic rings. The molecule has 33 heavy (non-hydrogen) atoms. The minimum absolute atomic E-state index is 0.128. The van der Waals surface area contributed by atoms with Crippen LogP contribution < -0.4 is 10.2 Å². The van der Waals surface area contributed by atoms with E-state index in [4.69, 9.17) is 4.74 Å². The van der Waals surface area contributed by atoms with Gasteiger partial charge < -0.3 is 4.74 Å². The van der Waals surface area contributed by atoms with Crippen molar-refractivity contribution < 1.29 is 13.9 Å². The van der Waals surface area contributed by atoms with Gasteiger partial charge in [-0.05, 0) is 62.6 Å². The predicted molar refractivity (Wildman–Crippen MR) is 135 cm³/mol. The van der Waals surface area contributed by atoms with Crippen LogP contribution in [0.2, 0.25) is 0 Å². The molecule has 0 saturated heterocycles. The van der Waals surface area contributed by atoms with E-state index in [1.165, 1.54) is 17.8 Å². The number of halogens is 2. The monoisotopic (exact) mass is 522 g/mol. The number of nitrogens with zero attached hydrogens (tertiary/aromatic N) is 1. The zero-order chi connectivity index (χ0) is 23.0. The van der Waals surface area contributed by atoms with Gasteiger partial charge in [-0.25, -0.2) is 9.82 Å². The van der Waals surface area contributed by atoms with Crippen LogP contribution in [0.25, 0.3) is 10.8 Å². The van der Waals surface area contributed by atoms with E-state index < -0.39 is 0 Å². The molecule has 0 fully saturated rings. The van der Waals surface area contributed by atoms with Gasteiger partial charge in [-0.1, -0.05) is 54.6 Å². The molecule has 1 N–H and O–H groups in total. The topological polar surface area (TPSA) is 50.7 Å². The fraction of sp³-hybridized carbons (Fsp3) is 0.0769. The number of benzene rings is 4. The number of carbonyl (C=O) groups excluding carboxylic acids is 1. The van der Waals surface area contributed by atoms with Gasteiger partial charge in [0, 0.05) is 10.5 Å². The summed E-state index contributed by atoms with van der Waals surface area (Å²) in [6, 6.07) is 26.0. The van der Waals surface area contributed by atoms with E-state index in [2.05, 4.69) is 44.7 Å². The van der Waals surface area contributed by atoms with Crippen LogP contribution in [0.15, 0.2) is 99.4 Å². The number of rotatable bonds is 8. The lowest BCUT2D eigenvalue weighted by Gasteiger charge is -2.09. The first kappa shape index (κ1) is 23.0. The third kappa shape index (κ3) is 6.21. The summed E-state index contributed by atoms with van der Waals surface area (Å²) >= 11 is 4.94. The molecule has 0 aliphatic heterocycles. The number of hydrazone groups is 1. The van der Waals surface area contributed by atoms with Crippen LogP contribution in [0.4, 0.5) is 4.39 Å². The normalized spacial score (nSPS) is 11.1. The molecular formula is C26H20BrFN2O2S. The Hall–Kier alpha value is -3.16. The number of ether oxygens (including phenoxy) is 1. The van der Waals surface area contributed by atoms with Gasteiger partial charge in [0.2, 0.25) is 5.91 Å². The molecule has 0 radical (unpaired) electrons. The highest BCUT2D eigenvalue weighted by molar-refractivity contribution is 9.10. The van der Waals surface area contributed by atoms with Crippen LogP contribution in [-0.2, 0) is 11.4 Å². The first-order chi connectivity index (χ1) is 16.1. The maximum Gasteiger partial charge on any atom is 0.250 e. The third-order valence-corrected chi connectivity index (χ3v) is 6.50. The summed E-state index contributed by atoms with van der Waals surface area (Å²) < 4.78 is 20.1. The van der Waals surface area contributed by atoms with Crippen molar-refractivity contribution in [2.45, 2.75) is 11.5 Å². The molecule has 166 valence electrons. The SMILES string of the molecule is O=C(CSc1cccc2ccccc12)NN=Cc1ccc(OCc2ccccc2F)c(Br)c1.